The third-order valence-corrected chi connectivity index (χ3v) is 4.45. The number of hydrogen-bond acceptors (Lipinski definition) is 4. The summed E-state index contributed by atoms with van der Waals surface area (Å²) in [5.41, 5.74) is 2.03. The van der Waals surface area contributed by atoms with E-state index in [1.165, 1.54) is 0 Å². The van der Waals surface area contributed by atoms with Crippen molar-refractivity contribution in [2.75, 3.05) is 11.9 Å². The number of nitrogens with zero attached hydrogens (tertiary/aromatic N) is 1. The zero-order valence-corrected chi connectivity index (χ0v) is 14.4. The van der Waals surface area contributed by atoms with Gasteiger partial charge in [0.1, 0.15) is 5.75 Å². The molecule has 0 amide bonds. The summed E-state index contributed by atoms with van der Waals surface area (Å²) in [6.45, 7) is 9.77. The molecule has 0 unspecified atom stereocenters. The Morgan fingerprint density at radius 3 is 2.71 bits per heavy atom. The summed E-state index contributed by atoms with van der Waals surface area (Å²) in [6, 6.07) is 5.59. The van der Waals surface area contributed by atoms with Crippen molar-refractivity contribution in [1.82, 2.24) is 4.98 Å². The van der Waals surface area contributed by atoms with Crippen LogP contribution in [-0.2, 0) is 12.0 Å². The number of halogens is 1. The summed E-state index contributed by atoms with van der Waals surface area (Å²) in [6.07, 6.45) is 0. The maximum atomic E-state index is 6.05. The zero-order chi connectivity index (χ0) is 15.5. The smallest absolute Gasteiger partial charge is 0.142 e. The van der Waals surface area contributed by atoms with Crippen LogP contribution >= 0.6 is 22.9 Å². The highest BCUT2D eigenvalue weighted by Gasteiger charge is 2.17. The molecule has 0 atom stereocenters. The van der Waals surface area contributed by atoms with Crippen LogP contribution in [0.1, 0.15) is 38.4 Å². The van der Waals surface area contributed by atoms with Crippen LogP contribution in [0.2, 0.25) is 5.02 Å². The average Bonchev–Trinajstić information content (AvgIpc) is 2.88. The molecule has 0 aliphatic carbocycles. The normalized spacial score (nSPS) is 11.5. The molecule has 3 nitrogen and oxygen atoms in total. The predicted molar refractivity (Wildman–Crippen MR) is 90.8 cm³/mol. The van der Waals surface area contributed by atoms with Crippen LogP contribution in [0, 0.1) is 0 Å². The molecule has 0 bridgehead atoms. The van der Waals surface area contributed by atoms with Gasteiger partial charge in [-0.25, -0.2) is 4.98 Å². The van der Waals surface area contributed by atoms with E-state index in [1.54, 1.807) is 11.3 Å². The predicted octanol–water partition coefficient (Wildman–Crippen LogP) is 5.10. The number of benzene rings is 1. The van der Waals surface area contributed by atoms with E-state index in [2.05, 4.69) is 36.5 Å². The molecule has 0 fully saturated rings. The molecule has 2 aromatic rings. The molecule has 0 saturated heterocycles. The zero-order valence-electron chi connectivity index (χ0n) is 12.9. The van der Waals surface area contributed by atoms with Crippen molar-refractivity contribution in [2.45, 2.75) is 39.7 Å². The molecular weight excluding hydrogens is 304 g/mol. The van der Waals surface area contributed by atoms with E-state index >= 15 is 0 Å². The molecule has 1 heterocycles. The molecule has 0 aliphatic heterocycles. The van der Waals surface area contributed by atoms with E-state index in [0.717, 1.165) is 22.1 Å². The van der Waals surface area contributed by atoms with Gasteiger partial charge < -0.3 is 10.1 Å². The van der Waals surface area contributed by atoms with Crippen molar-refractivity contribution in [3.63, 3.8) is 0 Å². The average molecular weight is 325 g/mol. The third-order valence-electron chi connectivity index (χ3n) is 2.89. The van der Waals surface area contributed by atoms with Gasteiger partial charge in [0.25, 0.3) is 0 Å². The van der Waals surface area contributed by atoms with Crippen molar-refractivity contribution in [3.05, 3.63) is 39.3 Å². The van der Waals surface area contributed by atoms with Crippen molar-refractivity contribution < 1.29 is 4.74 Å². The number of rotatable bonds is 5. The van der Waals surface area contributed by atoms with Crippen molar-refractivity contribution in [1.29, 1.82) is 0 Å². The van der Waals surface area contributed by atoms with E-state index in [9.17, 15) is 0 Å². The lowest BCUT2D eigenvalue weighted by Crippen LogP contribution is -2.11. The Labute approximate surface area is 135 Å². The van der Waals surface area contributed by atoms with Gasteiger partial charge in [0.05, 0.1) is 29.5 Å². The summed E-state index contributed by atoms with van der Waals surface area (Å²) in [5, 5.41) is 7.29. The van der Waals surface area contributed by atoms with Gasteiger partial charge in [-0.3, -0.25) is 0 Å². The Morgan fingerprint density at radius 2 is 2.10 bits per heavy atom. The summed E-state index contributed by atoms with van der Waals surface area (Å²) < 4.78 is 5.60. The first-order valence-electron chi connectivity index (χ1n) is 7.01. The van der Waals surface area contributed by atoms with Gasteiger partial charge in [0.15, 0.2) is 0 Å². The maximum absolute atomic E-state index is 6.05. The van der Waals surface area contributed by atoms with E-state index in [4.69, 9.17) is 16.3 Å². The Morgan fingerprint density at radius 1 is 1.33 bits per heavy atom. The molecule has 1 aromatic heterocycles. The minimum absolute atomic E-state index is 0.0927. The van der Waals surface area contributed by atoms with Crippen LogP contribution in [0.15, 0.2) is 23.6 Å². The summed E-state index contributed by atoms with van der Waals surface area (Å²) in [7, 11) is 0. The minimum atomic E-state index is 0.0927. The minimum Gasteiger partial charge on any atom is -0.492 e. The lowest BCUT2D eigenvalue weighted by Gasteiger charge is -2.14. The highest BCUT2D eigenvalue weighted by molar-refractivity contribution is 7.09. The maximum Gasteiger partial charge on any atom is 0.142 e. The quantitative estimate of drug-likeness (QED) is 0.830. The molecule has 114 valence electrons. The number of thiazole rings is 1. The fourth-order valence-electron chi connectivity index (χ4n) is 1.84. The van der Waals surface area contributed by atoms with Gasteiger partial charge >= 0.3 is 0 Å². The fraction of sp³-hybridized carbons (Fsp3) is 0.438. The number of ether oxygens (including phenoxy) is 1. The number of aromatic nitrogens is 1. The molecule has 21 heavy (non-hydrogen) atoms. The third kappa shape index (κ3) is 4.35. The van der Waals surface area contributed by atoms with Crippen molar-refractivity contribution in [2.24, 2.45) is 0 Å². The second-order valence-corrected chi connectivity index (χ2v) is 7.12. The molecule has 1 aromatic carbocycles. The first-order chi connectivity index (χ1) is 9.90. The van der Waals surface area contributed by atoms with Crippen LogP contribution in [0.4, 0.5) is 5.69 Å². The monoisotopic (exact) mass is 324 g/mol. The highest BCUT2D eigenvalue weighted by Crippen LogP contribution is 2.29. The van der Waals surface area contributed by atoms with Crippen LogP contribution in [0.3, 0.4) is 0 Å². The SMILES string of the molecule is CCOc1ccc(Cl)cc1NCc1csc(C(C)(C)C)n1. The second kappa shape index (κ2) is 6.67. The van der Waals surface area contributed by atoms with Crippen LogP contribution < -0.4 is 10.1 Å². The van der Waals surface area contributed by atoms with Crippen molar-refractivity contribution >= 4 is 28.6 Å². The first-order valence-corrected chi connectivity index (χ1v) is 8.27. The summed E-state index contributed by atoms with van der Waals surface area (Å²) in [5.74, 6) is 0.813. The standard InChI is InChI=1S/C16H21ClN2OS/c1-5-20-14-7-6-11(17)8-13(14)18-9-12-10-21-15(19-12)16(2,3)4/h6-8,10,18H,5,9H2,1-4H3. The molecule has 0 saturated carbocycles. The molecule has 0 spiro atoms. The first kappa shape index (κ1) is 16.1. The number of anilines is 1. The van der Waals surface area contributed by atoms with Crippen LogP contribution in [0.5, 0.6) is 5.75 Å². The largest absolute Gasteiger partial charge is 0.492 e. The van der Waals surface area contributed by atoms with E-state index in [1.807, 2.05) is 25.1 Å². The van der Waals surface area contributed by atoms with E-state index in [-0.39, 0.29) is 5.41 Å². The van der Waals surface area contributed by atoms with E-state index in [0.29, 0.717) is 18.2 Å². The van der Waals surface area contributed by atoms with Gasteiger partial charge in [-0.05, 0) is 25.1 Å². The summed E-state index contributed by atoms with van der Waals surface area (Å²) >= 11 is 7.75. The van der Waals surface area contributed by atoms with Crippen molar-refractivity contribution in [3.8, 4) is 5.75 Å². The van der Waals surface area contributed by atoms with Gasteiger partial charge in [-0.2, -0.15) is 0 Å². The number of hydrogen-bond donors (Lipinski definition) is 1. The molecule has 0 aliphatic rings. The summed E-state index contributed by atoms with van der Waals surface area (Å²) in [4.78, 5) is 4.68. The molecule has 0 radical (unpaired) electrons. The molecular formula is C16H21ClN2OS. The Hall–Kier alpha value is -1.26. The van der Waals surface area contributed by atoms with Gasteiger partial charge in [-0.1, -0.05) is 32.4 Å². The fourth-order valence-corrected chi connectivity index (χ4v) is 2.92. The van der Waals surface area contributed by atoms with Crippen LogP contribution in [0.25, 0.3) is 0 Å². The molecule has 2 rings (SSSR count). The molecule has 5 heteroatoms. The Kier molecular flexibility index (Phi) is 5.12. The lowest BCUT2D eigenvalue weighted by molar-refractivity contribution is 0.341. The highest BCUT2D eigenvalue weighted by atomic mass is 35.5. The Bertz CT molecular complexity index is 605. The Balaban J connectivity index is 2.09. The van der Waals surface area contributed by atoms with Gasteiger partial charge in [-0.15, -0.1) is 11.3 Å². The van der Waals surface area contributed by atoms with Gasteiger partial charge in [0.2, 0.25) is 0 Å². The topological polar surface area (TPSA) is 34.1 Å². The van der Waals surface area contributed by atoms with Crippen LogP contribution in [-0.4, -0.2) is 11.6 Å². The number of nitrogens with one attached hydrogen (secondary N) is 1. The van der Waals surface area contributed by atoms with Gasteiger partial charge in [0, 0.05) is 15.8 Å². The molecule has 1 N–H and O–H groups in total. The lowest BCUT2D eigenvalue weighted by atomic mass is 9.98. The second-order valence-electron chi connectivity index (χ2n) is 5.82. The van der Waals surface area contributed by atoms with E-state index < -0.39 is 0 Å².